The minimum Gasteiger partial charge on any atom is -0.389 e. The van der Waals surface area contributed by atoms with Gasteiger partial charge in [-0.1, -0.05) is 13.8 Å². The van der Waals surface area contributed by atoms with Gasteiger partial charge in [-0.2, -0.15) is 11.8 Å². The van der Waals surface area contributed by atoms with E-state index in [2.05, 4.69) is 30.5 Å². The lowest BCUT2D eigenvalue weighted by Crippen LogP contribution is -2.44. The Hall–Kier alpha value is 0.230. The van der Waals surface area contributed by atoms with Gasteiger partial charge in [0.15, 0.2) is 0 Å². The Kier molecular flexibility index (Phi) is 6.85. The molecular formula is C13H27NO2S. The summed E-state index contributed by atoms with van der Waals surface area (Å²) in [6, 6.07) is 0. The van der Waals surface area contributed by atoms with Crippen LogP contribution in [0, 0.1) is 5.92 Å². The van der Waals surface area contributed by atoms with E-state index in [9.17, 15) is 5.11 Å². The van der Waals surface area contributed by atoms with Gasteiger partial charge in [0, 0.05) is 30.6 Å². The zero-order chi connectivity index (χ0) is 12.8. The van der Waals surface area contributed by atoms with Crippen molar-refractivity contribution in [3.05, 3.63) is 0 Å². The van der Waals surface area contributed by atoms with Crippen molar-refractivity contribution >= 4 is 11.8 Å². The van der Waals surface area contributed by atoms with Crippen LogP contribution in [0.25, 0.3) is 0 Å². The van der Waals surface area contributed by atoms with Crippen LogP contribution < -0.4 is 0 Å². The molecule has 0 aliphatic carbocycles. The van der Waals surface area contributed by atoms with E-state index < -0.39 is 0 Å². The number of ether oxygens (including phenoxy) is 1. The summed E-state index contributed by atoms with van der Waals surface area (Å²) in [5.41, 5.74) is 0. The summed E-state index contributed by atoms with van der Waals surface area (Å²) in [6.07, 6.45) is -0.154. The highest BCUT2D eigenvalue weighted by Crippen LogP contribution is 2.24. The first-order valence-electron chi connectivity index (χ1n) is 6.62. The van der Waals surface area contributed by atoms with Crippen molar-refractivity contribution in [3.63, 3.8) is 0 Å². The van der Waals surface area contributed by atoms with Crippen LogP contribution in [0.1, 0.15) is 27.7 Å². The molecule has 0 amide bonds. The minimum atomic E-state index is -0.353. The minimum absolute atomic E-state index is 0.199. The van der Waals surface area contributed by atoms with Crippen molar-refractivity contribution in [2.75, 3.05) is 32.0 Å². The van der Waals surface area contributed by atoms with Crippen LogP contribution in [0.2, 0.25) is 0 Å². The molecule has 1 aliphatic heterocycles. The summed E-state index contributed by atoms with van der Waals surface area (Å²) < 4.78 is 5.44. The highest BCUT2D eigenvalue weighted by molar-refractivity contribution is 8.00. The average Bonchev–Trinajstić information content (AvgIpc) is 2.26. The van der Waals surface area contributed by atoms with Gasteiger partial charge in [-0.15, -0.1) is 0 Å². The normalized spacial score (nSPS) is 24.5. The second-order valence-corrected chi connectivity index (χ2v) is 6.80. The molecule has 1 fully saturated rings. The smallest absolute Gasteiger partial charge is 0.0900 e. The molecule has 0 radical (unpaired) electrons. The van der Waals surface area contributed by atoms with E-state index in [-0.39, 0.29) is 12.2 Å². The Morgan fingerprint density at radius 2 is 2.06 bits per heavy atom. The third kappa shape index (κ3) is 6.09. The van der Waals surface area contributed by atoms with E-state index in [0.29, 0.717) is 17.8 Å². The van der Waals surface area contributed by atoms with Gasteiger partial charge in [0.1, 0.15) is 0 Å². The first kappa shape index (κ1) is 15.3. The molecule has 1 aliphatic rings. The number of β-amino-alcohol motifs (C(OH)–C–C–N with tert-alkyl or cyclic N) is 1. The van der Waals surface area contributed by atoms with Crippen molar-refractivity contribution in [3.8, 4) is 0 Å². The summed E-state index contributed by atoms with van der Waals surface area (Å²) in [5.74, 6) is 1.90. The number of thioether (sulfide) groups is 1. The van der Waals surface area contributed by atoms with Gasteiger partial charge in [0.25, 0.3) is 0 Å². The maximum Gasteiger partial charge on any atom is 0.0900 e. The number of nitrogens with zero attached hydrogens (tertiary/aromatic N) is 1. The molecule has 4 heteroatoms. The predicted molar refractivity (Wildman–Crippen MR) is 74.6 cm³/mol. The molecule has 17 heavy (non-hydrogen) atoms. The molecule has 102 valence electrons. The van der Waals surface area contributed by atoms with Crippen LogP contribution in [-0.4, -0.2) is 59.5 Å². The summed E-state index contributed by atoms with van der Waals surface area (Å²) >= 11 is 2.07. The second kappa shape index (κ2) is 7.62. The number of aliphatic hydroxyl groups excluding tert-OH is 1. The maximum absolute atomic E-state index is 9.90. The number of hydrogen-bond acceptors (Lipinski definition) is 4. The fraction of sp³-hybridized carbons (Fsp3) is 1.00. The molecule has 0 bridgehead atoms. The van der Waals surface area contributed by atoms with Gasteiger partial charge in [0.2, 0.25) is 0 Å². The highest BCUT2D eigenvalue weighted by Gasteiger charge is 2.24. The molecule has 1 heterocycles. The van der Waals surface area contributed by atoms with Crippen LogP contribution in [-0.2, 0) is 4.74 Å². The molecule has 0 saturated carbocycles. The van der Waals surface area contributed by atoms with Gasteiger partial charge >= 0.3 is 0 Å². The predicted octanol–water partition coefficient (Wildman–Crippen LogP) is 1.85. The molecule has 3 nitrogen and oxygen atoms in total. The molecular weight excluding hydrogens is 234 g/mol. The summed E-state index contributed by atoms with van der Waals surface area (Å²) in [7, 11) is 0. The van der Waals surface area contributed by atoms with E-state index in [4.69, 9.17) is 4.74 Å². The lowest BCUT2D eigenvalue weighted by Gasteiger charge is -2.35. The third-order valence-electron chi connectivity index (χ3n) is 3.01. The SMILES string of the molecule is CC(C)OCC(O)CN1CCSC(C(C)C)C1. The van der Waals surface area contributed by atoms with Gasteiger partial charge in [-0.25, -0.2) is 0 Å². The fourth-order valence-corrected chi connectivity index (χ4v) is 3.32. The van der Waals surface area contributed by atoms with Crippen molar-refractivity contribution in [2.24, 2.45) is 5.92 Å². The average molecular weight is 261 g/mol. The molecule has 0 aromatic rings. The molecule has 0 aromatic heterocycles. The monoisotopic (exact) mass is 261 g/mol. The van der Waals surface area contributed by atoms with Crippen molar-refractivity contribution in [2.45, 2.75) is 45.2 Å². The molecule has 1 rings (SSSR count). The Bertz CT molecular complexity index is 212. The van der Waals surface area contributed by atoms with Gasteiger partial charge in [-0.05, 0) is 19.8 Å². The Balaban J connectivity index is 2.25. The van der Waals surface area contributed by atoms with Gasteiger partial charge < -0.3 is 9.84 Å². The quantitative estimate of drug-likeness (QED) is 0.791. The van der Waals surface area contributed by atoms with E-state index in [1.807, 2.05) is 13.8 Å². The van der Waals surface area contributed by atoms with E-state index in [1.165, 1.54) is 5.75 Å². The zero-order valence-corrected chi connectivity index (χ0v) is 12.4. The Morgan fingerprint density at radius 1 is 1.35 bits per heavy atom. The third-order valence-corrected chi connectivity index (χ3v) is 4.55. The lowest BCUT2D eigenvalue weighted by molar-refractivity contribution is -0.00835. The van der Waals surface area contributed by atoms with Gasteiger partial charge in [0.05, 0.1) is 18.8 Å². The van der Waals surface area contributed by atoms with Gasteiger partial charge in [-0.3, -0.25) is 4.90 Å². The number of rotatable bonds is 6. The standard InChI is InChI=1S/C13H27NO2S/c1-10(2)13-8-14(5-6-17-13)7-12(15)9-16-11(3)4/h10-13,15H,5-9H2,1-4H3. The first-order chi connectivity index (χ1) is 7.99. The summed E-state index contributed by atoms with van der Waals surface area (Å²) in [4.78, 5) is 2.37. The van der Waals surface area contributed by atoms with Crippen LogP contribution in [0.3, 0.4) is 0 Å². The topological polar surface area (TPSA) is 32.7 Å². The van der Waals surface area contributed by atoms with E-state index in [0.717, 1.165) is 19.6 Å². The fourth-order valence-electron chi connectivity index (χ4n) is 1.96. The molecule has 1 N–H and O–H groups in total. The van der Waals surface area contributed by atoms with Crippen LogP contribution in [0.5, 0.6) is 0 Å². The molecule has 2 unspecified atom stereocenters. The van der Waals surface area contributed by atoms with Crippen molar-refractivity contribution < 1.29 is 9.84 Å². The van der Waals surface area contributed by atoms with Crippen LogP contribution in [0.4, 0.5) is 0 Å². The lowest BCUT2D eigenvalue weighted by atomic mass is 10.1. The van der Waals surface area contributed by atoms with Crippen molar-refractivity contribution in [1.82, 2.24) is 4.90 Å². The zero-order valence-electron chi connectivity index (χ0n) is 11.6. The van der Waals surface area contributed by atoms with Crippen molar-refractivity contribution in [1.29, 1.82) is 0 Å². The van der Waals surface area contributed by atoms with E-state index in [1.54, 1.807) is 0 Å². The molecule has 0 aromatic carbocycles. The largest absolute Gasteiger partial charge is 0.389 e. The molecule has 0 spiro atoms. The first-order valence-corrected chi connectivity index (χ1v) is 7.67. The molecule has 1 saturated heterocycles. The number of hydrogen-bond donors (Lipinski definition) is 1. The molecule has 2 atom stereocenters. The summed E-state index contributed by atoms with van der Waals surface area (Å²) in [5, 5.41) is 10.6. The summed E-state index contributed by atoms with van der Waals surface area (Å²) in [6.45, 7) is 11.9. The number of aliphatic hydroxyl groups is 1. The maximum atomic E-state index is 9.90. The Labute approximate surface area is 110 Å². The van der Waals surface area contributed by atoms with E-state index >= 15 is 0 Å². The Morgan fingerprint density at radius 3 is 2.65 bits per heavy atom. The van der Waals surface area contributed by atoms with Crippen LogP contribution >= 0.6 is 11.8 Å². The van der Waals surface area contributed by atoms with Crippen LogP contribution in [0.15, 0.2) is 0 Å². The highest BCUT2D eigenvalue weighted by atomic mass is 32.2. The second-order valence-electron chi connectivity index (χ2n) is 5.45.